The summed E-state index contributed by atoms with van der Waals surface area (Å²) in [6, 6.07) is 9.25. The number of aromatic hydroxyl groups is 1. The lowest BCUT2D eigenvalue weighted by Gasteiger charge is -2.07. The average Bonchev–Trinajstić information content (AvgIpc) is 3.01. The zero-order chi connectivity index (χ0) is 15.5. The van der Waals surface area contributed by atoms with E-state index in [-0.39, 0.29) is 11.4 Å². The van der Waals surface area contributed by atoms with Gasteiger partial charge in [-0.25, -0.2) is 4.79 Å². The molecule has 1 aromatic carbocycles. The Morgan fingerprint density at radius 2 is 2.09 bits per heavy atom. The molecule has 3 aromatic rings. The third kappa shape index (κ3) is 2.51. The summed E-state index contributed by atoms with van der Waals surface area (Å²) in [5.74, 6) is 0.00903. The van der Waals surface area contributed by atoms with Gasteiger partial charge >= 0.3 is 10.5 Å². The fourth-order valence-electron chi connectivity index (χ4n) is 2.49. The van der Waals surface area contributed by atoms with Gasteiger partial charge in [0.15, 0.2) is 5.56 Å². The Bertz CT molecular complexity index is 840. The number of hydrogen-bond acceptors (Lipinski definition) is 4. The zero-order valence-corrected chi connectivity index (χ0v) is 13.0. The quantitative estimate of drug-likeness (QED) is 0.579. The highest BCUT2D eigenvalue weighted by atomic mass is 32.1. The van der Waals surface area contributed by atoms with Gasteiger partial charge in [-0.2, -0.15) is 8.97 Å². The van der Waals surface area contributed by atoms with Crippen LogP contribution in [-0.4, -0.2) is 23.2 Å². The Balaban J connectivity index is 2.22. The third-order valence-electron chi connectivity index (χ3n) is 3.52. The summed E-state index contributed by atoms with van der Waals surface area (Å²) in [6.45, 7) is 1.19. The van der Waals surface area contributed by atoms with E-state index in [0.717, 1.165) is 11.4 Å². The number of nitrogens with zero attached hydrogens (tertiary/aromatic N) is 2. The number of benzene rings is 1. The van der Waals surface area contributed by atoms with Crippen molar-refractivity contribution >= 4 is 16.3 Å². The van der Waals surface area contributed by atoms with E-state index < -0.39 is 0 Å². The third-order valence-corrected chi connectivity index (χ3v) is 4.41. The van der Waals surface area contributed by atoms with Crippen molar-refractivity contribution in [2.75, 3.05) is 13.7 Å². The number of ether oxygens (including phenoxy) is 1. The standard InChI is InChI=1S/C16H16N2O3S/c1-21-10-5-8-17-14(19)13(12-6-3-2-4-7-12)15(20)18-9-11-22-16(17)18/h2-4,6-7,9,11H,5,8,10H2,1H3/p+1. The predicted octanol–water partition coefficient (Wildman–Crippen LogP) is 2.06. The minimum Gasteiger partial charge on any atom is -0.477 e. The average molecular weight is 317 g/mol. The fraction of sp³-hybridized carbons (Fsp3) is 0.250. The summed E-state index contributed by atoms with van der Waals surface area (Å²) in [4.78, 5) is 13.4. The van der Waals surface area contributed by atoms with Crippen LogP contribution in [-0.2, 0) is 11.3 Å². The largest absolute Gasteiger partial charge is 0.477 e. The number of hydrogen-bond donors (Lipinski definition) is 1. The molecular weight excluding hydrogens is 300 g/mol. The molecule has 1 N–H and O–H groups in total. The van der Waals surface area contributed by atoms with Crippen molar-refractivity contribution in [2.24, 2.45) is 0 Å². The molecule has 0 radical (unpaired) electrons. The molecule has 0 fully saturated rings. The molecule has 2 aromatic heterocycles. The second kappa shape index (κ2) is 6.29. The van der Waals surface area contributed by atoms with Crippen LogP contribution in [0.1, 0.15) is 6.42 Å². The van der Waals surface area contributed by atoms with E-state index >= 15 is 0 Å². The van der Waals surface area contributed by atoms with E-state index in [9.17, 15) is 9.90 Å². The van der Waals surface area contributed by atoms with Gasteiger partial charge in [-0.15, -0.1) is 0 Å². The number of fused-ring (bicyclic) bond motifs is 1. The molecule has 0 bridgehead atoms. The summed E-state index contributed by atoms with van der Waals surface area (Å²) in [5.41, 5.74) is 0.836. The van der Waals surface area contributed by atoms with Gasteiger partial charge in [0.1, 0.15) is 6.20 Å². The Hall–Kier alpha value is -2.18. The second-order valence-corrected chi connectivity index (χ2v) is 5.80. The normalized spacial score (nSPS) is 11.1. The maximum atomic E-state index is 12.7. The predicted molar refractivity (Wildman–Crippen MR) is 85.3 cm³/mol. The fourth-order valence-corrected chi connectivity index (χ4v) is 3.36. The van der Waals surface area contributed by atoms with Crippen LogP contribution < -0.4 is 10.1 Å². The lowest BCUT2D eigenvalue weighted by atomic mass is 10.1. The molecule has 0 aliphatic carbocycles. The lowest BCUT2D eigenvalue weighted by Crippen LogP contribution is -2.40. The van der Waals surface area contributed by atoms with Gasteiger partial charge in [-0.05, 0) is 5.56 Å². The van der Waals surface area contributed by atoms with Crippen LogP contribution in [0.25, 0.3) is 16.1 Å². The first-order chi connectivity index (χ1) is 10.7. The molecule has 0 saturated carbocycles. The molecule has 0 saturated heterocycles. The number of rotatable bonds is 5. The molecule has 0 atom stereocenters. The van der Waals surface area contributed by atoms with Gasteiger partial charge in [0.25, 0.3) is 5.88 Å². The van der Waals surface area contributed by atoms with Gasteiger partial charge in [0.2, 0.25) is 0 Å². The summed E-state index contributed by atoms with van der Waals surface area (Å²) < 4.78 is 8.43. The first kappa shape index (κ1) is 14.7. The Labute approximate surface area is 131 Å². The molecule has 5 nitrogen and oxygen atoms in total. The first-order valence-electron chi connectivity index (χ1n) is 7.03. The minimum atomic E-state index is -0.206. The molecule has 114 valence electrons. The van der Waals surface area contributed by atoms with Gasteiger partial charge < -0.3 is 9.84 Å². The smallest absolute Gasteiger partial charge is 0.355 e. The Morgan fingerprint density at radius 1 is 1.32 bits per heavy atom. The van der Waals surface area contributed by atoms with E-state index in [4.69, 9.17) is 4.74 Å². The highest BCUT2D eigenvalue weighted by molar-refractivity contribution is 7.14. The summed E-state index contributed by atoms with van der Waals surface area (Å²) in [7, 11) is 1.65. The maximum Gasteiger partial charge on any atom is 0.355 e. The van der Waals surface area contributed by atoms with Gasteiger partial charge in [0.05, 0.1) is 6.54 Å². The van der Waals surface area contributed by atoms with Crippen LogP contribution >= 0.6 is 11.3 Å². The van der Waals surface area contributed by atoms with E-state index in [1.807, 2.05) is 35.7 Å². The van der Waals surface area contributed by atoms with Crippen LogP contribution in [0.15, 0.2) is 46.7 Å². The van der Waals surface area contributed by atoms with Crippen LogP contribution in [0, 0.1) is 0 Å². The molecule has 0 aliphatic rings. The van der Waals surface area contributed by atoms with Crippen LogP contribution in [0.3, 0.4) is 0 Å². The van der Waals surface area contributed by atoms with E-state index in [0.29, 0.717) is 24.3 Å². The summed E-state index contributed by atoms with van der Waals surface area (Å²) in [6.07, 6.45) is 2.50. The van der Waals surface area contributed by atoms with Gasteiger partial charge in [-0.3, -0.25) is 0 Å². The minimum absolute atomic E-state index is 0.00903. The second-order valence-electron chi connectivity index (χ2n) is 4.92. The van der Waals surface area contributed by atoms with E-state index in [1.54, 1.807) is 22.3 Å². The number of methoxy groups -OCH3 is 1. The molecule has 0 spiro atoms. The van der Waals surface area contributed by atoms with E-state index in [2.05, 4.69) is 0 Å². The van der Waals surface area contributed by atoms with Crippen molar-refractivity contribution in [1.82, 2.24) is 4.40 Å². The molecule has 0 aliphatic heterocycles. The van der Waals surface area contributed by atoms with Gasteiger partial charge in [0, 0.05) is 25.5 Å². The van der Waals surface area contributed by atoms with Crippen LogP contribution in [0.2, 0.25) is 0 Å². The molecule has 3 rings (SSSR count). The Morgan fingerprint density at radius 3 is 2.82 bits per heavy atom. The van der Waals surface area contributed by atoms with Crippen LogP contribution in [0.5, 0.6) is 5.88 Å². The van der Waals surface area contributed by atoms with Crippen LogP contribution in [0.4, 0.5) is 0 Å². The Kier molecular flexibility index (Phi) is 4.22. The molecular formula is C16H17N2O3S+. The number of aryl methyl sites for hydroxylation is 1. The van der Waals surface area contributed by atoms with Crippen molar-refractivity contribution in [3.8, 4) is 17.0 Å². The zero-order valence-electron chi connectivity index (χ0n) is 12.2. The molecule has 2 heterocycles. The molecule has 0 amide bonds. The van der Waals surface area contributed by atoms with Crippen molar-refractivity contribution in [1.29, 1.82) is 0 Å². The van der Waals surface area contributed by atoms with Crippen molar-refractivity contribution in [2.45, 2.75) is 13.0 Å². The maximum absolute atomic E-state index is 12.7. The highest BCUT2D eigenvalue weighted by Crippen LogP contribution is 2.24. The first-order valence-corrected chi connectivity index (χ1v) is 7.91. The topological polar surface area (TPSA) is 54.8 Å². The molecule has 22 heavy (non-hydrogen) atoms. The number of aromatic nitrogens is 2. The van der Waals surface area contributed by atoms with E-state index in [1.165, 1.54) is 11.3 Å². The summed E-state index contributed by atoms with van der Waals surface area (Å²) in [5, 5.41) is 12.5. The lowest BCUT2D eigenvalue weighted by molar-refractivity contribution is -0.678. The highest BCUT2D eigenvalue weighted by Gasteiger charge is 2.25. The molecule has 6 heteroatoms. The van der Waals surface area contributed by atoms with Crippen molar-refractivity contribution in [3.05, 3.63) is 52.3 Å². The molecule has 0 unspecified atom stereocenters. The monoisotopic (exact) mass is 317 g/mol. The summed E-state index contributed by atoms with van der Waals surface area (Å²) >= 11 is 1.43. The SMILES string of the molecule is COCCC[n+]1c(O)c(-c2ccccc2)c(=O)n2ccsc21. The number of thiazole rings is 1. The van der Waals surface area contributed by atoms with Crippen molar-refractivity contribution in [3.63, 3.8) is 0 Å². The van der Waals surface area contributed by atoms with Crippen molar-refractivity contribution < 1.29 is 14.4 Å². The van der Waals surface area contributed by atoms with Gasteiger partial charge in [-0.1, -0.05) is 41.7 Å².